The van der Waals surface area contributed by atoms with Gasteiger partial charge in [0.05, 0.1) is 22.4 Å². The number of pyridine rings is 2. The van der Waals surface area contributed by atoms with Crippen LogP contribution in [0.5, 0.6) is 23.0 Å². The Kier molecular flexibility index (Phi) is 7.07. The van der Waals surface area contributed by atoms with Crippen LogP contribution in [-0.2, 0) is 0 Å². The largest absolute Gasteiger partial charge is 0.457 e. The van der Waals surface area contributed by atoms with Crippen molar-refractivity contribution in [2.24, 2.45) is 0 Å². The molecule has 0 saturated carbocycles. The molecular weight excluding hydrogens is 584 g/mol. The number of hydrogen-bond donors (Lipinski definition) is 0. The summed E-state index contributed by atoms with van der Waals surface area (Å²) in [6.07, 6.45) is 6.59. The molecule has 0 unspecified atom stereocenters. The summed E-state index contributed by atoms with van der Waals surface area (Å²) < 4.78 is 14.9. The number of fused-ring (bicyclic) bond motifs is 3. The molecule has 0 amide bonds. The van der Waals surface area contributed by atoms with E-state index in [1.165, 1.54) is 12.7 Å². The molecule has 8 rings (SSSR count). The monoisotopic (exact) mass is 612 g/mol. The Morgan fingerprint density at radius 3 is 1.47 bits per heavy atom. The van der Waals surface area contributed by atoms with Gasteiger partial charge < -0.3 is 9.47 Å². The average molecular weight is 613 g/mol. The van der Waals surface area contributed by atoms with Gasteiger partial charge in [-0.2, -0.15) is 0 Å². The third-order valence-electron chi connectivity index (χ3n) is 7.88. The zero-order chi connectivity index (χ0) is 31.7. The van der Waals surface area contributed by atoms with E-state index in [-0.39, 0.29) is 0 Å². The van der Waals surface area contributed by atoms with Crippen LogP contribution >= 0.6 is 0 Å². The van der Waals surface area contributed by atoms with Gasteiger partial charge in [0.1, 0.15) is 35.7 Å². The molecule has 0 N–H and O–H groups in total. The fourth-order valence-corrected chi connectivity index (χ4v) is 5.92. The van der Waals surface area contributed by atoms with Gasteiger partial charge in [-0.1, -0.05) is 12.1 Å². The van der Waals surface area contributed by atoms with Gasteiger partial charge in [-0.3, -0.25) is 14.5 Å². The molecule has 8 aromatic rings. The van der Waals surface area contributed by atoms with Gasteiger partial charge in [-0.15, -0.1) is 0 Å². The quantitative estimate of drug-likeness (QED) is 0.177. The lowest BCUT2D eigenvalue weighted by Gasteiger charge is -2.11. The van der Waals surface area contributed by atoms with Crippen LogP contribution in [0.4, 0.5) is 0 Å². The molecule has 0 bridgehead atoms. The van der Waals surface area contributed by atoms with Crippen molar-refractivity contribution in [1.29, 1.82) is 0 Å². The van der Waals surface area contributed by atoms with Crippen LogP contribution in [0, 0.1) is 13.8 Å². The molecule has 0 atom stereocenters. The highest BCUT2D eigenvalue weighted by molar-refractivity contribution is 6.09. The van der Waals surface area contributed by atoms with Gasteiger partial charge in [0.15, 0.2) is 0 Å². The minimum Gasteiger partial charge on any atom is -0.457 e. The molecule has 0 aliphatic rings. The molecule has 0 spiro atoms. The van der Waals surface area contributed by atoms with Crippen LogP contribution in [0.1, 0.15) is 11.1 Å². The van der Waals surface area contributed by atoms with Crippen molar-refractivity contribution in [3.63, 3.8) is 0 Å². The van der Waals surface area contributed by atoms with Crippen molar-refractivity contribution in [3.05, 3.63) is 145 Å². The van der Waals surface area contributed by atoms with Crippen LogP contribution in [-0.4, -0.2) is 29.5 Å². The molecule has 0 aliphatic carbocycles. The predicted molar refractivity (Wildman–Crippen MR) is 183 cm³/mol. The van der Waals surface area contributed by atoms with Gasteiger partial charge in [-0.05, 0) is 110 Å². The zero-order valence-corrected chi connectivity index (χ0v) is 25.7. The summed E-state index contributed by atoms with van der Waals surface area (Å²) in [4.78, 5) is 22.1. The second-order valence-electron chi connectivity index (χ2n) is 11.3. The Bertz CT molecular complexity index is 2230. The molecular formula is C39H28N6O2. The summed E-state index contributed by atoms with van der Waals surface area (Å²) in [5, 5.41) is 2.07. The Labute approximate surface area is 271 Å². The Morgan fingerprint density at radius 2 is 1.00 bits per heavy atom. The van der Waals surface area contributed by atoms with Gasteiger partial charge >= 0.3 is 0 Å². The number of ether oxygens (including phenoxy) is 2. The number of aryl methyl sites for hydroxylation is 2. The molecule has 8 heteroatoms. The molecule has 47 heavy (non-hydrogen) atoms. The third-order valence-corrected chi connectivity index (χ3v) is 7.88. The van der Waals surface area contributed by atoms with Crippen molar-refractivity contribution in [1.82, 2.24) is 29.5 Å². The van der Waals surface area contributed by atoms with Gasteiger partial charge in [0.25, 0.3) is 0 Å². The maximum atomic E-state index is 6.45. The summed E-state index contributed by atoms with van der Waals surface area (Å²) >= 11 is 0. The molecule has 8 nitrogen and oxygen atoms in total. The highest BCUT2D eigenvalue weighted by atomic mass is 16.5. The van der Waals surface area contributed by atoms with E-state index >= 15 is 0 Å². The summed E-state index contributed by atoms with van der Waals surface area (Å²) in [6, 6.07) is 36.2. The number of aromatic nitrogens is 6. The zero-order valence-electron chi connectivity index (χ0n) is 25.7. The first-order chi connectivity index (χ1) is 23.1. The Hall–Kier alpha value is -6.41. The van der Waals surface area contributed by atoms with Crippen molar-refractivity contribution in [2.45, 2.75) is 13.8 Å². The normalized spacial score (nSPS) is 11.2. The lowest BCUT2D eigenvalue weighted by Crippen LogP contribution is -2.01. The molecule has 0 saturated heterocycles. The van der Waals surface area contributed by atoms with Gasteiger partial charge in [0, 0.05) is 46.4 Å². The maximum absolute atomic E-state index is 6.45. The third kappa shape index (κ3) is 5.64. The first-order valence-corrected chi connectivity index (χ1v) is 15.2. The van der Waals surface area contributed by atoms with E-state index in [0.717, 1.165) is 66.9 Å². The van der Waals surface area contributed by atoms with E-state index in [1.807, 2.05) is 89.5 Å². The molecule has 0 aliphatic heterocycles. The summed E-state index contributed by atoms with van der Waals surface area (Å²) in [5.41, 5.74) is 7.72. The lowest BCUT2D eigenvalue weighted by atomic mass is 10.1. The molecule has 4 heterocycles. The summed E-state index contributed by atoms with van der Waals surface area (Å²) in [6.45, 7) is 4.11. The smallest absolute Gasteiger partial charge is 0.237 e. The average Bonchev–Trinajstić information content (AvgIpc) is 3.41. The lowest BCUT2D eigenvalue weighted by molar-refractivity contribution is 0.483. The van der Waals surface area contributed by atoms with E-state index < -0.39 is 0 Å². The van der Waals surface area contributed by atoms with Crippen molar-refractivity contribution in [2.75, 3.05) is 0 Å². The number of hydrogen-bond acceptors (Lipinski definition) is 7. The Morgan fingerprint density at radius 1 is 0.489 bits per heavy atom. The van der Waals surface area contributed by atoms with E-state index in [0.29, 0.717) is 17.4 Å². The topological polar surface area (TPSA) is 87.8 Å². The molecule has 0 fully saturated rings. The van der Waals surface area contributed by atoms with E-state index in [2.05, 4.69) is 63.0 Å². The van der Waals surface area contributed by atoms with Crippen molar-refractivity contribution >= 4 is 21.8 Å². The van der Waals surface area contributed by atoms with Crippen LogP contribution in [0.25, 0.3) is 50.3 Å². The Balaban J connectivity index is 1.20. The van der Waals surface area contributed by atoms with Crippen LogP contribution in [0.3, 0.4) is 0 Å². The molecule has 4 aromatic carbocycles. The standard InChI is InChI=1S/C39H28N6O2/c1-25-15-27(35-7-3-5-13-41-35)19-31(17-25)46-29-9-11-33-34-12-10-30(22-38(34)45(37(33)21-29)39-43-23-40-24-44-39)47-32-18-26(2)16-28(20-32)36-8-4-6-14-42-36/h3-24H,1-2H3. The first-order valence-electron chi connectivity index (χ1n) is 15.2. The highest BCUT2D eigenvalue weighted by Gasteiger charge is 2.17. The van der Waals surface area contributed by atoms with E-state index in [9.17, 15) is 0 Å². The minimum absolute atomic E-state index is 0.496. The van der Waals surface area contributed by atoms with E-state index in [4.69, 9.17) is 9.47 Å². The van der Waals surface area contributed by atoms with Crippen LogP contribution in [0.2, 0.25) is 0 Å². The highest BCUT2D eigenvalue weighted by Crippen LogP contribution is 2.38. The van der Waals surface area contributed by atoms with Crippen molar-refractivity contribution < 1.29 is 9.47 Å². The summed E-state index contributed by atoms with van der Waals surface area (Å²) in [5.74, 6) is 3.33. The second kappa shape index (κ2) is 11.8. The maximum Gasteiger partial charge on any atom is 0.237 e. The molecule has 4 aromatic heterocycles. The van der Waals surface area contributed by atoms with Gasteiger partial charge in [0.2, 0.25) is 5.95 Å². The first kappa shape index (κ1) is 28.1. The van der Waals surface area contributed by atoms with Crippen LogP contribution in [0.15, 0.2) is 134 Å². The number of nitrogens with zero attached hydrogens (tertiary/aromatic N) is 6. The fourth-order valence-electron chi connectivity index (χ4n) is 5.92. The predicted octanol–water partition coefficient (Wildman–Crippen LogP) is 9.29. The van der Waals surface area contributed by atoms with Crippen molar-refractivity contribution in [3.8, 4) is 51.5 Å². The van der Waals surface area contributed by atoms with E-state index in [1.54, 1.807) is 12.4 Å². The van der Waals surface area contributed by atoms with Gasteiger partial charge in [-0.25, -0.2) is 15.0 Å². The molecule has 226 valence electrons. The SMILES string of the molecule is Cc1cc(Oc2ccc3c4ccc(Oc5cc(C)cc(-c6ccccn6)c5)cc4n(-c4ncncn4)c3c2)cc(-c2ccccn2)c1. The number of benzene rings is 4. The summed E-state index contributed by atoms with van der Waals surface area (Å²) in [7, 11) is 0. The minimum atomic E-state index is 0.496. The number of rotatable bonds is 7. The van der Waals surface area contributed by atoms with Crippen LogP contribution < -0.4 is 9.47 Å². The fraction of sp³-hybridized carbons (Fsp3) is 0.0513. The molecule has 0 radical (unpaired) electrons. The second-order valence-corrected chi connectivity index (χ2v) is 11.3.